The largest absolute Gasteiger partial charge is 0.495 e. The van der Waals surface area contributed by atoms with Gasteiger partial charge in [0.25, 0.3) is 5.91 Å². The number of ether oxygens (including phenoxy) is 2. The fourth-order valence-electron chi connectivity index (χ4n) is 6.97. The third-order valence-corrected chi connectivity index (χ3v) is 11.4. The highest BCUT2D eigenvalue weighted by Crippen LogP contribution is 2.60. The molecule has 2 aromatic rings. The van der Waals surface area contributed by atoms with E-state index in [9.17, 15) is 9.59 Å². The van der Waals surface area contributed by atoms with Crippen LogP contribution in [0.2, 0.25) is 0 Å². The van der Waals surface area contributed by atoms with Gasteiger partial charge < -0.3 is 20.5 Å². The van der Waals surface area contributed by atoms with Gasteiger partial charge in [0.1, 0.15) is 34.0 Å². The number of hydrogen-bond acceptors (Lipinski definition) is 8. The van der Waals surface area contributed by atoms with Crippen LogP contribution < -0.4 is 15.8 Å². The zero-order valence-corrected chi connectivity index (χ0v) is 26.6. The molecule has 2 fully saturated rings. The van der Waals surface area contributed by atoms with E-state index < -0.39 is 22.0 Å². The Kier molecular flexibility index (Phi) is 9.08. The quantitative estimate of drug-likeness (QED) is 0.241. The van der Waals surface area contributed by atoms with E-state index in [-0.39, 0.29) is 27.0 Å². The first-order chi connectivity index (χ1) is 21.0. The predicted octanol–water partition coefficient (Wildman–Crippen LogP) is 5.41. The lowest BCUT2D eigenvalue weighted by molar-refractivity contribution is -0.593. The average molecular weight is 623 g/mol. The van der Waals surface area contributed by atoms with E-state index in [1.165, 1.54) is 44.3 Å². The molecule has 44 heavy (non-hydrogen) atoms. The Bertz CT molecular complexity index is 1490. The second-order valence-corrected chi connectivity index (χ2v) is 14.0. The second-order valence-electron chi connectivity index (χ2n) is 12.3. The maximum absolute atomic E-state index is 16.1. The monoisotopic (exact) mass is 622 g/mol. The lowest BCUT2D eigenvalue weighted by Gasteiger charge is -2.50. The fraction of sp³-hybridized carbons (Fsp3) is 0.515. The smallest absolute Gasteiger partial charge is 0.329 e. The number of carbonyl (C=O) groups is 2. The lowest BCUT2D eigenvalue weighted by Crippen LogP contribution is -2.64. The molecule has 4 atom stereocenters. The molecular formula is C33H41FN5O4S+. The molecule has 2 saturated carbocycles. The lowest BCUT2D eigenvalue weighted by atomic mass is 9.69. The average Bonchev–Trinajstić information content (AvgIpc) is 3.20. The number of benzene rings is 1. The Balaban J connectivity index is 1.57. The Morgan fingerprint density at radius 3 is 2.64 bits per heavy atom. The maximum atomic E-state index is 16.1. The first kappa shape index (κ1) is 31.9. The normalized spacial score (nSPS) is 31.6. The number of pyridine rings is 1. The molecule has 1 aromatic heterocycles. The van der Waals surface area contributed by atoms with Crippen molar-refractivity contribution in [2.24, 2.45) is 22.6 Å². The molecule has 1 aliphatic heterocycles. The number of methoxy groups -OCH3 is 2. The van der Waals surface area contributed by atoms with Crippen molar-refractivity contribution in [2.45, 2.75) is 74.7 Å². The van der Waals surface area contributed by atoms with Crippen LogP contribution in [0.4, 0.5) is 10.1 Å². The minimum Gasteiger partial charge on any atom is -0.495 e. The summed E-state index contributed by atoms with van der Waals surface area (Å²) in [6.45, 7) is 1.49. The first-order valence-corrected chi connectivity index (χ1v) is 15.8. The number of carbonyl (C=O) groups excluding carboxylic acids is 2. The first-order valence-electron chi connectivity index (χ1n) is 15.1. The minimum absolute atomic E-state index is 0.0186. The molecule has 9 nitrogen and oxygen atoms in total. The van der Waals surface area contributed by atoms with E-state index in [4.69, 9.17) is 26.6 Å². The van der Waals surface area contributed by atoms with Crippen LogP contribution in [0.15, 0.2) is 41.5 Å². The molecule has 0 saturated heterocycles. The van der Waals surface area contributed by atoms with Gasteiger partial charge in [0.05, 0.1) is 33.4 Å². The highest BCUT2D eigenvalue weighted by atomic mass is 32.2. The van der Waals surface area contributed by atoms with Crippen molar-refractivity contribution in [1.82, 2.24) is 4.98 Å². The summed E-state index contributed by atoms with van der Waals surface area (Å²) < 4.78 is 25.6. The predicted molar refractivity (Wildman–Crippen MR) is 169 cm³/mol. The molecule has 2 heterocycles. The van der Waals surface area contributed by atoms with Crippen molar-refractivity contribution in [1.29, 1.82) is 0 Å². The van der Waals surface area contributed by atoms with Crippen LogP contribution >= 0.6 is 11.9 Å². The highest BCUT2D eigenvalue weighted by Gasteiger charge is 2.65. The van der Waals surface area contributed by atoms with Crippen LogP contribution in [0.25, 0.3) is 0 Å². The molecule has 0 radical (unpaired) electrons. The van der Waals surface area contributed by atoms with E-state index >= 15 is 4.39 Å². The van der Waals surface area contributed by atoms with Gasteiger partial charge in [0.2, 0.25) is 0 Å². The molecule has 1 aromatic carbocycles. The Hall–Kier alpha value is -3.46. The molecule has 1 spiro atoms. The number of aliphatic imine (C=N–C) groups is 1. The number of nitrogens with two attached hydrogens (primary N) is 1. The second kappa shape index (κ2) is 12.5. The third kappa shape index (κ3) is 5.71. The standard InChI is InChI=1S/C33H40FN5O4S/c1-6-33(27-18-24(10-12-28(27)34)37-30(41)29-13-11-25(42-4)20-36-29)32(44-39(3,21(2)40)31(35)38-33)14-8-7-9-22(19-32)15-23-16-26(17-23)43-5/h1,10-13,18,20,22-23,26H,7-9,14-17,19H2,2-5H3,(H2-,35,37,38,41)/p+1. The van der Waals surface area contributed by atoms with E-state index in [0.29, 0.717) is 42.2 Å². The number of amides is 2. The van der Waals surface area contributed by atoms with Gasteiger partial charge in [-0.15, -0.1) is 10.3 Å². The number of guanidine groups is 1. The zero-order valence-electron chi connectivity index (χ0n) is 25.8. The number of terminal acetylenes is 1. The topological polar surface area (TPSA) is 116 Å². The van der Waals surface area contributed by atoms with Crippen molar-refractivity contribution < 1.29 is 27.3 Å². The van der Waals surface area contributed by atoms with Crippen molar-refractivity contribution in [2.75, 3.05) is 26.6 Å². The van der Waals surface area contributed by atoms with Gasteiger partial charge >= 0.3 is 11.9 Å². The molecule has 2 amide bonds. The summed E-state index contributed by atoms with van der Waals surface area (Å²) in [6, 6.07) is 7.50. The summed E-state index contributed by atoms with van der Waals surface area (Å²) in [5, 5.41) is 2.82. The van der Waals surface area contributed by atoms with E-state index in [0.717, 1.165) is 38.5 Å². The molecule has 4 unspecified atom stereocenters. The maximum Gasteiger partial charge on any atom is 0.329 e. The van der Waals surface area contributed by atoms with Gasteiger partial charge in [0.15, 0.2) is 5.54 Å². The Morgan fingerprint density at radius 1 is 1.23 bits per heavy atom. The van der Waals surface area contributed by atoms with Crippen LogP contribution in [0.5, 0.6) is 5.75 Å². The number of rotatable bonds is 7. The molecule has 0 bridgehead atoms. The molecule has 5 rings (SSSR count). The Morgan fingerprint density at radius 2 is 2.00 bits per heavy atom. The minimum atomic E-state index is -1.52. The van der Waals surface area contributed by atoms with Gasteiger partial charge in [-0.3, -0.25) is 4.79 Å². The summed E-state index contributed by atoms with van der Waals surface area (Å²) in [4.78, 5) is 35.2. The number of hydrogen-bond donors (Lipinski definition) is 2. The van der Waals surface area contributed by atoms with Gasteiger partial charge in [-0.1, -0.05) is 25.2 Å². The van der Waals surface area contributed by atoms with E-state index in [1.54, 1.807) is 32.4 Å². The highest BCUT2D eigenvalue weighted by molar-refractivity contribution is 7.96. The summed E-state index contributed by atoms with van der Waals surface area (Å²) >= 11 is 1.39. The van der Waals surface area contributed by atoms with Crippen LogP contribution in [0.1, 0.15) is 74.3 Å². The summed E-state index contributed by atoms with van der Waals surface area (Å²) in [5.74, 6) is 3.10. The zero-order chi connectivity index (χ0) is 31.7. The van der Waals surface area contributed by atoms with Crippen LogP contribution in [0.3, 0.4) is 0 Å². The number of nitrogens with zero attached hydrogens (tertiary/aromatic N) is 3. The summed E-state index contributed by atoms with van der Waals surface area (Å²) in [7, 11) is 5.00. The number of halogens is 1. The van der Waals surface area contributed by atoms with Crippen molar-refractivity contribution in [3.8, 4) is 18.1 Å². The number of quaternary nitrogens is 1. The molecule has 2 aliphatic carbocycles. The molecule has 3 aliphatic rings. The Labute approximate surface area is 262 Å². The van der Waals surface area contributed by atoms with Crippen LogP contribution in [0, 0.1) is 30.0 Å². The molecular weight excluding hydrogens is 581 g/mol. The SMILES string of the molecule is C#CC1(c2cc(NC(=O)c3ccc(OC)cn3)ccc2F)N=C(N)[N+](C)(C(C)=O)SC12CCCCC(CC1CC(OC)C1)C2. The van der Waals surface area contributed by atoms with E-state index in [1.807, 2.05) is 0 Å². The number of anilines is 1. The van der Waals surface area contributed by atoms with Crippen LogP contribution in [-0.2, 0) is 15.1 Å². The van der Waals surface area contributed by atoms with Gasteiger partial charge in [-0.25, -0.2) is 14.2 Å². The molecule has 234 valence electrons. The summed E-state index contributed by atoms with van der Waals surface area (Å²) in [5.41, 5.74) is 5.68. The molecule has 3 N–H and O–H groups in total. The van der Waals surface area contributed by atoms with Crippen molar-refractivity contribution >= 4 is 35.4 Å². The summed E-state index contributed by atoms with van der Waals surface area (Å²) in [6.07, 6.45) is 15.4. The van der Waals surface area contributed by atoms with Gasteiger partial charge in [-0.05, 0) is 74.3 Å². The molecule has 11 heteroatoms. The number of aromatic nitrogens is 1. The van der Waals surface area contributed by atoms with Crippen molar-refractivity contribution in [3.63, 3.8) is 0 Å². The number of nitrogens with one attached hydrogen (secondary N) is 1. The fourth-order valence-corrected chi connectivity index (χ4v) is 8.83. The third-order valence-electron chi connectivity index (χ3n) is 9.62. The van der Waals surface area contributed by atoms with Gasteiger partial charge in [-0.2, -0.15) is 4.99 Å². The van der Waals surface area contributed by atoms with Crippen LogP contribution in [-0.4, -0.2) is 58.8 Å². The van der Waals surface area contributed by atoms with Gasteiger partial charge in [0, 0.05) is 18.4 Å². The van der Waals surface area contributed by atoms with Crippen molar-refractivity contribution in [3.05, 3.63) is 53.6 Å². The van der Waals surface area contributed by atoms with E-state index in [2.05, 4.69) is 16.2 Å².